The second-order valence-corrected chi connectivity index (χ2v) is 11.8. The molecule has 2 saturated heterocycles. The molecule has 2 aromatic heterocycles. The summed E-state index contributed by atoms with van der Waals surface area (Å²) in [5, 5.41) is 2.61. The summed E-state index contributed by atoms with van der Waals surface area (Å²) in [6, 6.07) is 7.45. The van der Waals surface area contributed by atoms with Gasteiger partial charge < -0.3 is 15.0 Å². The van der Waals surface area contributed by atoms with Crippen molar-refractivity contribution in [3.05, 3.63) is 55.0 Å². The van der Waals surface area contributed by atoms with Crippen LogP contribution in [0.4, 0.5) is 4.79 Å². The van der Waals surface area contributed by atoms with Gasteiger partial charge in [0.2, 0.25) is 21.8 Å². The molecule has 5 rings (SSSR count). The van der Waals surface area contributed by atoms with Crippen molar-refractivity contribution in [2.24, 2.45) is 5.92 Å². The van der Waals surface area contributed by atoms with E-state index in [1.54, 1.807) is 18.2 Å². The van der Waals surface area contributed by atoms with E-state index in [-0.39, 0.29) is 42.0 Å². The van der Waals surface area contributed by atoms with Crippen molar-refractivity contribution in [3.63, 3.8) is 0 Å². The number of hydrogen-bond donors (Lipinski definition) is 1. The third-order valence-corrected chi connectivity index (χ3v) is 8.68. The van der Waals surface area contributed by atoms with E-state index in [1.165, 1.54) is 35.6 Å². The Morgan fingerprint density at radius 2 is 1.90 bits per heavy atom. The molecule has 3 aromatic rings. The molecule has 4 heterocycles. The molecular weight excluding hydrogens is 524 g/mol. The summed E-state index contributed by atoms with van der Waals surface area (Å²) >= 11 is 0. The van der Waals surface area contributed by atoms with E-state index >= 15 is 0 Å². The van der Waals surface area contributed by atoms with Crippen molar-refractivity contribution in [2.75, 3.05) is 13.1 Å². The van der Waals surface area contributed by atoms with Crippen LogP contribution in [0.2, 0.25) is 0 Å². The number of carbonyl (C=O) groups excluding carboxylic acids is 3. The average molecular weight is 553 g/mol. The highest BCUT2D eigenvalue weighted by atomic mass is 32.2. The zero-order valence-electron chi connectivity index (χ0n) is 21.4. The van der Waals surface area contributed by atoms with Gasteiger partial charge in [0.1, 0.15) is 17.0 Å². The predicted octanol–water partition coefficient (Wildman–Crippen LogP) is 1.77. The van der Waals surface area contributed by atoms with Crippen molar-refractivity contribution in [1.82, 2.24) is 29.5 Å². The summed E-state index contributed by atoms with van der Waals surface area (Å²) in [6.45, 7) is 3.65. The summed E-state index contributed by atoms with van der Waals surface area (Å²) < 4.78 is 32.9. The number of rotatable bonds is 7. The minimum Gasteiger partial charge on any atom is -0.390 e. The number of hydrogen-bond acceptors (Lipinski definition) is 9. The van der Waals surface area contributed by atoms with E-state index in [9.17, 15) is 22.8 Å². The molecule has 0 radical (unpaired) electrons. The van der Waals surface area contributed by atoms with Crippen LogP contribution in [-0.4, -0.2) is 81.6 Å². The Kier molecular flexibility index (Phi) is 7.28. The molecule has 2 aliphatic rings. The zero-order chi connectivity index (χ0) is 27.7. The second-order valence-electron chi connectivity index (χ2n) is 9.95. The maximum Gasteiger partial charge on any atom is 0.414 e. The molecule has 204 valence electrons. The average Bonchev–Trinajstić information content (AvgIpc) is 3.49. The highest BCUT2D eigenvalue weighted by Crippen LogP contribution is 2.34. The summed E-state index contributed by atoms with van der Waals surface area (Å²) in [5.41, 5.74) is 1.19. The predicted molar refractivity (Wildman–Crippen MR) is 139 cm³/mol. The summed E-state index contributed by atoms with van der Waals surface area (Å²) in [7, 11) is -3.97. The van der Waals surface area contributed by atoms with Crippen molar-refractivity contribution < 1.29 is 27.5 Å². The Labute approximate surface area is 225 Å². The van der Waals surface area contributed by atoms with Crippen LogP contribution >= 0.6 is 0 Å². The van der Waals surface area contributed by atoms with Gasteiger partial charge >= 0.3 is 6.09 Å². The lowest BCUT2D eigenvalue weighted by atomic mass is 10.0. The maximum atomic E-state index is 13.7. The summed E-state index contributed by atoms with van der Waals surface area (Å²) in [6.07, 6.45) is 3.73. The van der Waals surface area contributed by atoms with Crippen molar-refractivity contribution in [2.45, 2.75) is 49.7 Å². The van der Waals surface area contributed by atoms with Gasteiger partial charge in [0, 0.05) is 18.9 Å². The van der Waals surface area contributed by atoms with Gasteiger partial charge in [0.25, 0.3) is 0 Å². The molecule has 0 aliphatic carbocycles. The first-order valence-corrected chi connectivity index (χ1v) is 14.0. The molecule has 2 amide bonds. The Morgan fingerprint density at radius 1 is 1.13 bits per heavy atom. The molecule has 3 atom stereocenters. The lowest BCUT2D eigenvalue weighted by molar-refractivity contribution is -0.138. The maximum absolute atomic E-state index is 13.7. The number of aromatic nitrogens is 3. The SMILES string of the molecule is CC(C)CC(NC(=O)Oc1cnc2ccccc2n1)C(=O)N1CCC2C1C(=O)CN2S(=O)(=O)c1cccnc1. The van der Waals surface area contributed by atoms with E-state index in [0.29, 0.717) is 17.5 Å². The molecule has 0 bridgehead atoms. The van der Waals surface area contributed by atoms with Crippen LogP contribution in [0, 0.1) is 5.92 Å². The number of likely N-dealkylation sites (tertiary alicyclic amines) is 1. The minimum atomic E-state index is -3.97. The van der Waals surface area contributed by atoms with E-state index in [4.69, 9.17) is 4.74 Å². The first kappa shape index (κ1) is 26.6. The molecule has 2 fully saturated rings. The first-order valence-electron chi connectivity index (χ1n) is 12.6. The minimum absolute atomic E-state index is 0.0119. The molecular formula is C26H28N6O6S. The van der Waals surface area contributed by atoms with Gasteiger partial charge in [-0.05, 0) is 43.0 Å². The second kappa shape index (κ2) is 10.7. The van der Waals surface area contributed by atoms with E-state index in [0.717, 1.165) is 4.31 Å². The Morgan fingerprint density at radius 3 is 2.62 bits per heavy atom. The zero-order valence-corrected chi connectivity index (χ0v) is 22.2. The van der Waals surface area contributed by atoms with Crippen LogP contribution in [0.25, 0.3) is 11.0 Å². The third-order valence-electron chi connectivity index (χ3n) is 6.82. The number of sulfonamides is 1. The summed E-state index contributed by atoms with van der Waals surface area (Å²) in [4.78, 5) is 53.2. The smallest absolute Gasteiger partial charge is 0.390 e. The van der Waals surface area contributed by atoms with E-state index in [2.05, 4.69) is 20.3 Å². The van der Waals surface area contributed by atoms with Gasteiger partial charge in [-0.25, -0.2) is 23.2 Å². The topological polar surface area (TPSA) is 152 Å². The van der Waals surface area contributed by atoms with Gasteiger partial charge in [-0.15, -0.1) is 0 Å². The Hall–Kier alpha value is -3.97. The number of benzene rings is 1. The number of nitrogens with one attached hydrogen (secondary N) is 1. The molecule has 12 nitrogen and oxygen atoms in total. The normalized spacial score (nSPS) is 20.3. The number of amides is 2. The molecule has 1 N–H and O–H groups in total. The lowest BCUT2D eigenvalue weighted by Gasteiger charge is -2.28. The fourth-order valence-electron chi connectivity index (χ4n) is 5.12. The fraction of sp³-hybridized carbons (Fsp3) is 0.385. The van der Waals surface area contributed by atoms with Gasteiger partial charge in [-0.2, -0.15) is 4.31 Å². The molecule has 0 spiro atoms. The lowest BCUT2D eigenvalue weighted by Crippen LogP contribution is -2.53. The molecule has 39 heavy (non-hydrogen) atoms. The number of para-hydroxylation sites is 2. The highest BCUT2D eigenvalue weighted by molar-refractivity contribution is 7.89. The van der Waals surface area contributed by atoms with Crippen LogP contribution in [0.15, 0.2) is 59.9 Å². The van der Waals surface area contributed by atoms with Crippen molar-refractivity contribution in [1.29, 1.82) is 0 Å². The highest BCUT2D eigenvalue weighted by Gasteiger charge is 2.54. The fourth-order valence-corrected chi connectivity index (χ4v) is 6.71. The van der Waals surface area contributed by atoms with Crippen molar-refractivity contribution >= 4 is 38.8 Å². The van der Waals surface area contributed by atoms with Gasteiger partial charge in [-0.3, -0.25) is 14.6 Å². The quantitative estimate of drug-likeness (QED) is 0.462. The number of pyridine rings is 1. The third kappa shape index (κ3) is 5.32. The van der Waals surface area contributed by atoms with E-state index in [1.807, 2.05) is 19.9 Å². The number of nitrogens with zero attached hydrogens (tertiary/aromatic N) is 5. The number of Topliss-reactive ketones (excluding diaryl/α,β-unsaturated/α-hetero) is 1. The molecule has 0 saturated carbocycles. The number of ketones is 1. The largest absolute Gasteiger partial charge is 0.414 e. The number of carbonyl (C=O) groups is 3. The van der Waals surface area contributed by atoms with E-state index < -0.39 is 40.1 Å². The van der Waals surface area contributed by atoms with Crippen LogP contribution in [0.5, 0.6) is 5.88 Å². The standard InChI is InChI=1S/C26H28N6O6S/c1-16(2)12-20(30-26(35)38-23-14-28-18-7-3-4-8-19(18)29-23)25(34)31-11-9-21-24(31)22(33)15-32(21)39(36,37)17-6-5-10-27-13-17/h3-8,10,13-14,16,20-21,24H,9,11-12,15H2,1-2H3,(H,30,35). The molecule has 3 unspecified atom stereocenters. The first-order chi connectivity index (χ1) is 18.6. The Balaban J connectivity index is 1.31. The number of ether oxygens (including phenoxy) is 1. The van der Waals surface area contributed by atoms with Gasteiger partial charge in [-0.1, -0.05) is 26.0 Å². The van der Waals surface area contributed by atoms with Crippen LogP contribution in [0.1, 0.15) is 26.7 Å². The van der Waals surface area contributed by atoms with Crippen LogP contribution < -0.4 is 10.1 Å². The molecule has 13 heteroatoms. The summed E-state index contributed by atoms with van der Waals surface area (Å²) in [5.74, 6) is -0.826. The monoisotopic (exact) mass is 552 g/mol. The van der Waals surface area contributed by atoms with Gasteiger partial charge in [0.15, 0.2) is 5.78 Å². The number of fused-ring (bicyclic) bond motifs is 2. The molecule has 1 aromatic carbocycles. The van der Waals surface area contributed by atoms with Crippen LogP contribution in [-0.2, 0) is 19.6 Å². The Bertz CT molecular complexity index is 1520. The van der Waals surface area contributed by atoms with Crippen molar-refractivity contribution in [3.8, 4) is 5.88 Å². The molecule has 2 aliphatic heterocycles. The van der Waals surface area contributed by atoms with Gasteiger partial charge in [0.05, 0.1) is 29.8 Å². The van der Waals surface area contributed by atoms with Crippen LogP contribution in [0.3, 0.4) is 0 Å².